The predicted octanol–water partition coefficient (Wildman–Crippen LogP) is 3.73. The molecule has 0 aromatic heterocycles. The van der Waals surface area contributed by atoms with Gasteiger partial charge >= 0.3 is 6.03 Å². The molecule has 1 atom stereocenters. The van der Waals surface area contributed by atoms with Gasteiger partial charge < -0.3 is 15.0 Å². The van der Waals surface area contributed by atoms with Crippen LogP contribution < -0.4 is 10.1 Å². The maximum Gasteiger partial charge on any atom is 0.317 e. The Labute approximate surface area is 132 Å². The lowest BCUT2D eigenvalue weighted by Crippen LogP contribution is -2.42. The number of hydrogen-bond donors (Lipinski definition) is 1. The molecule has 0 radical (unpaired) electrons. The topological polar surface area (TPSA) is 41.6 Å². The minimum Gasteiger partial charge on any atom is -0.497 e. The molecule has 2 aliphatic rings. The first-order valence-corrected chi connectivity index (χ1v) is 8.46. The Bertz CT molecular complexity index is 496. The Kier molecular flexibility index (Phi) is 4.86. The summed E-state index contributed by atoms with van der Waals surface area (Å²) in [4.78, 5) is 14.6. The fraction of sp³-hybridized carbons (Fsp3) is 0.611. The Hall–Kier alpha value is -1.71. The van der Waals surface area contributed by atoms with Crippen LogP contribution in [0, 0.1) is 5.92 Å². The average Bonchev–Trinajstić information content (AvgIpc) is 3.39. The quantitative estimate of drug-likeness (QED) is 0.920. The lowest BCUT2D eigenvalue weighted by molar-refractivity contribution is 0.175. The number of likely N-dealkylation sites (tertiary alicyclic amines) is 1. The van der Waals surface area contributed by atoms with Crippen molar-refractivity contribution in [3.05, 3.63) is 29.8 Å². The molecule has 1 aliphatic heterocycles. The van der Waals surface area contributed by atoms with Gasteiger partial charge in [-0.25, -0.2) is 4.79 Å². The summed E-state index contributed by atoms with van der Waals surface area (Å²) in [6.45, 7) is 1.69. The third-order valence-electron chi connectivity index (χ3n) is 4.75. The molecule has 120 valence electrons. The van der Waals surface area contributed by atoms with Crippen molar-refractivity contribution in [2.75, 3.05) is 20.2 Å². The number of nitrogens with one attached hydrogen (secondary N) is 1. The highest BCUT2D eigenvalue weighted by molar-refractivity contribution is 5.74. The van der Waals surface area contributed by atoms with E-state index < -0.39 is 0 Å². The van der Waals surface area contributed by atoms with E-state index in [4.69, 9.17) is 4.74 Å². The van der Waals surface area contributed by atoms with Crippen molar-refractivity contribution < 1.29 is 9.53 Å². The molecule has 1 heterocycles. The number of carbonyl (C=O) groups is 1. The highest BCUT2D eigenvalue weighted by Crippen LogP contribution is 2.32. The van der Waals surface area contributed by atoms with Crippen molar-refractivity contribution in [1.82, 2.24) is 10.2 Å². The fourth-order valence-corrected chi connectivity index (χ4v) is 3.18. The van der Waals surface area contributed by atoms with Gasteiger partial charge in [0.2, 0.25) is 0 Å². The summed E-state index contributed by atoms with van der Waals surface area (Å²) >= 11 is 0. The van der Waals surface area contributed by atoms with Crippen molar-refractivity contribution in [3.8, 4) is 5.75 Å². The van der Waals surface area contributed by atoms with Crippen molar-refractivity contribution >= 4 is 6.03 Å². The number of amides is 2. The highest BCUT2D eigenvalue weighted by Gasteiger charge is 2.28. The predicted molar refractivity (Wildman–Crippen MR) is 87.0 cm³/mol. The third-order valence-corrected chi connectivity index (χ3v) is 4.75. The van der Waals surface area contributed by atoms with E-state index in [9.17, 15) is 4.79 Å². The molecule has 2 fully saturated rings. The van der Waals surface area contributed by atoms with Crippen molar-refractivity contribution in [2.24, 2.45) is 5.92 Å². The van der Waals surface area contributed by atoms with Crippen LogP contribution in [0.25, 0.3) is 0 Å². The lowest BCUT2D eigenvalue weighted by atomic mass is 10.0. The van der Waals surface area contributed by atoms with Gasteiger partial charge in [-0.1, -0.05) is 25.0 Å². The number of methoxy groups -OCH3 is 1. The zero-order valence-electron chi connectivity index (χ0n) is 13.4. The van der Waals surface area contributed by atoms with Crippen LogP contribution in [0.4, 0.5) is 4.79 Å². The Balaban J connectivity index is 1.72. The smallest absolute Gasteiger partial charge is 0.317 e. The summed E-state index contributed by atoms with van der Waals surface area (Å²) in [6.07, 6.45) is 7.07. The molecule has 0 bridgehead atoms. The minimum absolute atomic E-state index is 0.106. The zero-order chi connectivity index (χ0) is 15.4. The van der Waals surface area contributed by atoms with Crippen LogP contribution in [0.3, 0.4) is 0 Å². The summed E-state index contributed by atoms with van der Waals surface area (Å²) in [5.41, 5.74) is 1.21. The standard InChI is InChI=1S/C18H26N2O2/c1-22-16-10-8-15(9-11-16)17-5-3-2-4-12-20(17)18(21)19-13-14-6-7-14/h8-11,14,17H,2-7,12-13H2,1H3,(H,19,21). The van der Waals surface area contributed by atoms with Gasteiger partial charge in [0.15, 0.2) is 0 Å². The van der Waals surface area contributed by atoms with E-state index in [2.05, 4.69) is 17.4 Å². The van der Waals surface area contributed by atoms with Crippen LogP contribution in [0.15, 0.2) is 24.3 Å². The molecule has 1 aromatic rings. The maximum absolute atomic E-state index is 12.6. The number of urea groups is 1. The lowest BCUT2D eigenvalue weighted by Gasteiger charge is -2.30. The molecule has 4 heteroatoms. The highest BCUT2D eigenvalue weighted by atomic mass is 16.5. The molecule has 1 N–H and O–H groups in total. The molecule has 1 saturated carbocycles. The fourth-order valence-electron chi connectivity index (χ4n) is 3.18. The second kappa shape index (κ2) is 7.03. The van der Waals surface area contributed by atoms with Crippen LogP contribution in [-0.4, -0.2) is 31.1 Å². The minimum atomic E-state index is 0.106. The van der Waals surface area contributed by atoms with Gasteiger partial charge in [-0.15, -0.1) is 0 Å². The monoisotopic (exact) mass is 302 g/mol. The van der Waals surface area contributed by atoms with Gasteiger partial charge in [-0.2, -0.15) is 0 Å². The van der Waals surface area contributed by atoms with Gasteiger partial charge in [0.25, 0.3) is 0 Å². The molecule has 1 saturated heterocycles. The maximum atomic E-state index is 12.6. The number of ether oxygens (including phenoxy) is 1. The van der Waals surface area contributed by atoms with Crippen LogP contribution in [0.5, 0.6) is 5.75 Å². The zero-order valence-corrected chi connectivity index (χ0v) is 13.4. The third kappa shape index (κ3) is 3.73. The molecule has 4 nitrogen and oxygen atoms in total. The number of nitrogens with zero attached hydrogens (tertiary/aromatic N) is 1. The van der Waals surface area contributed by atoms with E-state index >= 15 is 0 Å². The number of rotatable bonds is 4. The SMILES string of the molecule is COc1ccc(C2CCCCCN2C(=O)NCC2CC2)cc1. The number of carbonyl (C=O) groups excluding carboxylic acids is 1. The number of hydrogen-bond acceptors (Lipinski definition) is 2. The summed E-state index contributed by atoms with van der Waals surface area (Å²) in [5, 5.41) is 3.13. The molecular weight excluding hydrogens is 276 g/mol. The second-order valence-corrected chi connectivity index (χ2v) is 6.46. The van der Waals surface area contributed by atoms with Crippen molar-refractivity contribution in [2.45, 2.75) is 44.6 Å². The molecule has 1 aliphatic carbocycles. The first kappa shape index (κ1) is 15.2. The Morgan fingerprint density at radius 2 is 1.95 bits per heavy atom. The van der Waals surface area contributed by atoms with Gasteiger partial charge in [-0.3, -0.25) is 0 Å². The van der Waals surface area contributed by atoms with E-state index in [1.54, 1.807) is 7.11 Å². The first-order valence-electron chi connectivity index (χ1n) is 8.46. The summed E-state index contributed by atoms with van der Waals surface area (Å²) < 4.78 is 5.23. The summed E-state index contributed by atoms with van der Waals surface area (Å²) in [7, 11) is 1.68. The summed E-state index contributed by atoms with van der Waals surface area (Å²) in [5.74, 6) is 1.58. The number of benzene rings is 1. The van der Waals surface area contributed by atoms with Crippen molar-refractivity contribution in [3.63, 3.8) is 0 Å². The molecule has 0 spiro atoms. The van der Waals surface area contributed by atoms with Crippen LogP contribution in [0.2, 0.25) is 0 Å². The Morgan fingerprint density at radius 3 is 2.64 bits per heavy atom. The van der Waals surface area contributed by atoms with E-state index in [0.29, 0.717) is 0 Å². The first-order chi connectivity index (χ1) is 10.8. The van der Waals surface area contributed by atoms with E-state index in [0.717, 1.165) is 37.6 Å². The normalized spacial score (nSPS) is 22.0. The molecule has 1 unspecified atom stereocenters. The van der Waals surface area contributed by atoms with E-state index in [1.807, 2.05) is 17.0 Å². The molecular formula is C18H26N2O2. The molecule has 22 heavy (non-hydrogen) atoms. The Morgan fingerprint density at radius 1 is 1.18 bits per heavy atom. The van der Waals surface area contributed by atoms with Crippen LogP contribution >= 0.6 is 0 Å². The molecule has 3 rings (SSSR count). The van der Waals surface area contributed by atoms with Gasteiger partial charge in [0, 0.05) is 13.1 Å². The van der Waals surface area contributed by atoms with Gasteiger partial charge in [0.05, 0.1) is 13.2 Å². The second-order valence-electron chi connectivity index (χ2n) is 6.46. The van der Waals surface area contributed by atoms with Gasteiger partial charge in [-0.05, 0) is 49.3 Å². The average molecular weight is 302 g/mol. The van der Waals surface area contributed by atoms with Crippen LogP contribution in [-0.2, 0) is 0 Å². The van der Waals surface area contributed by atoms with Gasteiger partial charge in [0.1, 0.15) is 5.75 Å². The van der Waals surface area contributed by atoms with E-state index in [1.165, 1.54) is 31.2 Å². The summed E-state index contributed by atoms with van der Waals surface area (Å²) in [6, 6.07) is 8.45. The largest absolute Gasteiger partial charge is 0.497 e. The van der Waals surface area contributed by atoms with E-state index in [-0.39, 0.29) is 12.1 Å². The van der Waals surface area contributed by atoms with Crippen molar-refractivity contribution in [1.29, 1.82) is 0 Å². The molecule has 2 amide bonds. The molecule has 1 aromatic carbocycles. The van der Waals surface area contributed by atoms with Crippen LogP contribution in [0.1, 0.15) is 50.1 Å².